The summed E-state index contributed by atoms with van der Waals surface area (Å²) < 4.78 is 26.9. The van der Waals surface area contributed by atoms with Crippen LogP contribution in [0.4, 0.5) is 5.69 Å². The summed E-state index contributed by atoms with van der Waals surface area (Å²) in [5.74, 6) is 0.145. The topological polar surface area (TPSA) is 110 Å². The van der Waals surface area contributed by atoms with Crippen LogP contribution in [-0.4, -0.2) is 51.9 Å². The molecule has 152 valence electrons. The Morgan fingerprint density at radius 2 is 1.86 bits per heavy atom. The van der Waals surface area contributed by atoms with Crippen molar-refractivity contribution in [1.82, 2.24) is 24.5 Å². The number of rotatable bonds is 6. The molecule has 0 spiro atoms. The van der Waals surface area contributed by atoms with Crippen LogP contribution in [0.3, 0.4) is 0 Å². The maximum atomic E-state index is 12.7. The first-order valence-corrected chi connectivity index (χ1v) is 11.6. The molecule has 11 heteroatoms. The first-order valence-electron chi connectivity index (χ1n) is 9.24. The lowest BCUT2D eigenvalue weighted by Gasteiger charge is -2.25. The van der Waals surface area contributed by atoms with E-state index in [1.165, 1.54) is 32.6 Å². The van der Waals surface area contributed by atoms with Crippen LogP contribution in [0, 0.1) is 0 Å². The SMILES string of the molecule is O=C(Cn1nnc(-c2cccs2)n1)Nc1ccc(S(=O)(=O)N2CCCCC2)cc1. The monoisotopic (exact) mass is 432 g/mol. The van der Waals surface area contributed by atoms with Crippen LogP contribution in [-0.2, 0) is 21.4 Å². The molecular weight excluding hydrogens is 412 g/mol. The Kier molecular flexibility index (Phi) is 5.69. The molecule has 0 saturated carbocycles. The van der Waals surface area contributed by atoms with Gasteiger partial charge in [-0.15, -0.1) is 21.5 Å². The second kappa shape index (κ2) is 8.39. The van der Waals surface area contributed by atoms with Crippen molar-refractivity contribution in [3.8, 4) is 10.7 Å². The molecule has 1 aliphatic rings. The molecule has 1 fully saturated rings. The molecule has 0 radical (unpaired) electrons. The number of tetrazole rings is 1. The van der Waals surface area contributed by atoms with Gasteiger partial charge in [0.25, 0.3) is 0 Å². The van der Waals surface area contributed by atoms with Crippen LogP contribution >= 0.6 is 11.3 Å². The van der Waals surface area contributed by atoms with Crippen LogP contribution in [0.25, 0.3) is 10.7 Å². The van der Waals surface area contributed by atoms with Gasteiger partial charge in [-0.25, -0.2) is 8.42 Å². The Balaban J connectivity index is 1.38. The van der Waals surface area contributed by atoms with Crippen molar-refractivity contribution < 1.29 is 13.2 Å². The van der Waals surface area contributed by atoms with Gasteiger partial charge in [-0.05, 0) is 53.8 Å². The molecule has 29 heavy (non-hydrogen) atoms. The number of nitrogens with zero attached hydrogens (tertiary/aromatic N) is 5. The summed E-state index contributed by atoms with van der Waals surface area (Å²) in [5, 5.41) is 16.7. The lowest BCUT2D eigenvalue weighted by Crippen LogP contribution is -2.35. The second-order valence-corrected chi connectivity index (χ2v) is 9.54. The predicted octanol–water partition coefficient (Wildman–Crippen LogP) is 2.21. The molecule has 1 amide bonds. The summed E-state index contributed by atoms with van der Waals surface area (Å²) in [6.45, 7) is 1.02. The van der Waals surface area contributed by atoms with Crippen LogP contribution in [0.15, 0.2) is 46.7 Å². The minimum atomic E-state index is -3.49. The van der Waals surface area contributed by atoms with E-state index >= 15 is 0 Å². The van der Waals surface area contributed by atoms with E-state index in [4.69, 9.17) is 0 Å². The Hall–Kier alpha value is -2.63. The third-order valence-electron chi connectivity index (χ3n) is 4.57. The van der Waals surface area contributed by atoms with Crippen molar-refractivity contribution in [3.05, 3.63) is 41.8 Å². The summed E-state index contributed by atoms with van der Waals surface area (Å²) in [5.41, 5.74) is 0.506. The first-order chi connectivity index (χ1) is 14.0. The number of sulfonamides is 1. The fourth-order valence-corrected chi connectivity index (χ4v) is 5.27. The van der Waals surface area contributed by atoms with Gasteiger partial charge in [0.1, 0.15) is 6.54 Å². The zero-order chi connectivity index (χ0) is 20.3. The highest BCUT2D eigenvalue weighted by molar-refractivity contribution is 7.89. The molecule has 2 aromatic heterocycles. The highest BCUT2D eigenvalue weighted by Crippen LogP contribution is 2.22. The fourth-order valence-electron chi connectivity index (χ4n) is 3.11. The molecule has 3 heterocycles. The van der Waals surface area contributed by atoms with Crippen molar-refractivity contribution >= 4 is 33.0 Å². The number of thiophene rings is 1. The number of hydrogen-bond acceptors (Lipinski definition) is 7. The maximum Gasteiger partial charge on any atom is 0.248 e. The largest absolute Gasteiger partial charge is 0.324 e. The quantitative estimate of drug-likeness (QED) is 0.639. The smallest absolute Gasteiger partial charge is 0.248 e. The van der Waals surface area contributed by atoms with E-state index in [-0.39, 0.29) is 17.3 Å². The molecule has 0 aliphatic carbocycles. The van der Waals surface area contributed by atoms with Crippen LogP contribution < -0.4 is 5.32 Å². The zero-order valence-electron chi connectivity index (χ0n) is 15.6. The van der Waals surface area contributed by atoms with Gasteiger partial charge in [0.2, 0.25) is 21.8 Å². The van der Waals surface area contributed by atoms with Crippen LogP contribution in [0.1, 0.15) is 19.3 Å². The molecular formula is C18H20N6O3S2. The number of nitrogens with one attached hydrogen (secondary N) is 1. The van der Waals surface area contributed by atoms with Crippen LogP contribution in [0.5, 0.6) is 0 Å². The van der Waals surface area contributed by atoms with E-state index in [0.29, 0.717) is 24.6 Å². The third-order valence-corrected chi connectivity index (χ3v) is 7.35. The van der Waals surface area contributed by atoms with Gasteiger partial charge in [-0.1, -0.05) is 12.5 Å². The first kappa shape index (κ1) is 19.7. The van der Waals surface area contributed by atoms with E-state index in [0.717, 1.165) is 24.1 Å². The number of hydrogen-bond donors (Lipinski definition) is 1. The van der Waals surface area contributed by atoms with Crippen molar-refractivity contribution in [2.45, 2.75) is 30.7 Å². The van der Waals surface area contributed by atoms with Gasteiger partial charge in [-0.3, -0.25) is 4.79 Å². The fraction of sp³-hybridized carbons (Fsp3) is 0.333. The van der Waals surface area contributed by atoms with Gasteiger partial charge in [0, 0.05) is 18.8 Å². The Bertz CT molecular complexity index is 1070. The van der Waals surface area contributed by atoms with Crippen molar-refractivity contribution in [2.24, 2.45) is 0 Å². The van der Waals surface area contributed by atoms with E-state index in [2.05, 4.69) is 20.7 Å². The van der Waals surface area contributed by atoms with Crippen molar-refractivity contribution in [1.29, 1.82) is 0 Å². The molecule has 4 rings (SSSR count). The zero-order valence-corrected chi connectivity index (χ0v) is 17.2. The highest BCUT2D eigenvalue weighted by atomic mass is 32.2. The summed E-state index contributed by atoms with van der Waals surface area (Å²) in [6, 6.07) is 9.97. The molecule has 1 aromatic carbocycles. The van der Waals surface area contributed by atoms with E-state index in [9.17, 15) is 13.2 Å². The van der Waals surface area contributed by atoms with E-state index in [1.807, 2.05) is 17.5 Å². The van der Waals surface area contributed by atoms with Crippen molar-refractivity contribution in [3.63, 3.8) is 0 Å². The summed E-state index contributed by atoms with van der Waals surface area (Å²) >= 11 is 1.49. The summed E-state index contributed by atoms with van der Waals surface area (Å²) in [7, 11) is -3.49. The van der Waals surface area contributed by atoms with Gasteiger partial charge in [-0.2, -0.15) is 9.10 Å². The number of anilines is 1. The molecule has 1 saturated heterocycles. The lowest BCUT2D eigenvalue weighted by molar-refractivity contribution is -0.117. The summed E-state index contributed by atoms with van der Waals surface area (Å²) in [4.78, 5) is 14.6. The van der Waals surface area contributed by atoms with Gasteiger partial charge in [0.15, 0.2) is 0 Å². The minimum Gasteiger partial charge on any atom is -0.324 e. The number of aromatic nitrogens is 4. The summed E-state index contributed by atoms with van der Waals surface area (Å²) in [6.07, 6.45) is 2.84. The number of amides is 1. The predicted molar refractivity (Wildman–Crippen MR) is 109 cm³/mol. The van der Waals surface area contributed by atoms with Crippen molar-refractivity contribution in [2.75, 3.05) is 18.4 Å². The standard InChI is InChI=1S/C18H20N6O3S2/c25-17(13-24-21-18(20-22-24)16-5-4-12-28-16)19-14-6-8-15(9-7-14)29(26,27)23-10-2-1-3-11-23/h4-9,12H,1-3,10-11,13H2,(H,19,25). The third kappa shape index (κ3) is 4.52. The number of carbonyl (C=O) groups excluding carboxylic acids is 1. The second-order valence-electron chi connectivity index (χ2n) is 6.66. The molecule has 9 nitrogen and oxygen atoms in total. The molecule has 3 aromatic rings. The number of carbonyl (C=O) groups is 1. The van der Waals surface area contributed by atoms with Gasteiger partial charge >= 0.3 is 0 Å². The van der Waals surface area contributed by atoms with E-state index < -0.39 is 10.0 Å². The number of piperidine rings is 1. The average molecular weight is 433 g/mol. The molecule has 0 atom stereocenters. The van der Waals surface area contributed by atoms with Gasteiger partial charge < -0.3 is 5.32 Å². The van der Waals surface area contributed by atoms with Gasteiger partial charge in [0.05, 0.1) is 9.77 Å². The Morgan fingerprint density at radius 3 is 2.55 bits per heavy atom. The normalized spacial score (nSPS) is 15.3. The minimum absolute atomic E-state index is 0.0911. The number of benzene rings is 1. The Morgan fingerprint density at radius 1 is 1.10 bits per heavy atom. The molecule has 1 N–H and O–H groups in total. The average Bonchev–Trinajstić information content (AvgIpc) is 3.41. The molecule has 0 bridgehead atoms. The Labute approximate surface area is 172 Å². The molecule has 0 unspecified atom stereocenters. The molecule has 1 aliphatic heterocycles. The van der Waals surface area contributed by atoms with E-state index in [1.54, 1.807) is 12.1 Å². The highest BCUT2D eigenvalue weighted by Gasteiger charge is 2.25. The maximum absolute atomic E-state index is 12.7. The van der Waals surface area contributed by atoms with Crippen LogP contribution in [0.2, 0.25) is 0 Å². The lowest BCUT2D eigenvalue weighted by atomic mass is 10.2.